The van der Waals surface area contributed by atoms with Crippen LogP contribution in [0.15, 0.2) is 0 Å². The smallest absolute Gasteiger partial charge is 0.0600 e. The second kappa shape index (κ2) is 4.81. The molecule has 0 aromatic carbocycles. The van der Waals surface area contributed by atoms with Gasteiger partial charge in [-0.25, -0.2) is 0 Å². The van der Waals surface area contributed by atoms with E-state index in [1.165, 1.54) is 0 Å². The van der Waals surface area contributed by atoms with Crippen molar-refractivity contribution in [1.82, 2.24) is 10.2 Å². The van der Waals surface area contributed by atoms with E-state index in [9.17, 15) is 0 Å². The van der Waals surface area contributed by atoms with E-state index < -0.39 is 0 Å². The van der Waals surface area contributed by atoms with Crippen LogP contribution in [-0.2, 0) is 4.74 Å². The molecule has 0 aliphatic carbocycles. The predicted molar refractivity (Wildman–Crippen MR) is 64.2 cm³/mol. The van der Waals surface area contributed by atoms with E-state index in [0.717, 1.165) is 32.8 Å². The number of nitrogens with zero attached hydrogens (tertiary/aromatic N) is 1. The van der Waals surface area contributed by atoms with Crippen molar-refractivity contribution in [2.45, 2.75) is 45.8 Å². The van der Waals surface area contributed by atoms with Gasteiger partial charge in [0.05, 0.1) is 12.2 Å². The molecule has 1 aliphatic heterocycles. The van der Waals surface area contributed by atoms with Crippen LogP contribution in [-0.4, -0.2) is 48.8 Å². The fourth-order valence-electron chi connectivity index (χ4n) is 1.92. The van der Waals surface area contributed by atoms with Crippen molar-refractivity contribution in [3.05, 3.63) is 0 Å². The molecule has 1 aliphatic rings. The van der Waals surface area contributed by atoms with Crippen molar-refractivity contribution in [2.24, 2.45) is 0 Å². The Morgan fingerprint density at radius 1 is 1.33 bits per heavy atom. The summed E-state index contributed by atoms with van der Waals surface area (Å²) in [6.07, 6.45) is 0. The van der Waals surface area contributed by atoms with Gasteiger partial charge < -0.3 is 10.1 Å². The van der Waals surface area contributed by atoms with Crippen molar-refractivity contribution in [1.29, 1.82) is 0 Å². The van der Waals surface area contributed by atoms with Gasteiger partial charge >= 0.3 is 0 Å². The Kier molecular flexibility index (Phi) is 4.15. The molecule has 0 atom stereocenters. The Morgan fingerprint density at radius 3 is 2.53 bits per heavy atom. The van der Waals surface area contributed by atoms with Gasteiger partial charge in [-0.2, -0.15) is 0 Å². The van der Waals surface area contributed by atoms with Crippen LogP contribution in [0.1, 0.15) is 34.6 Å². The van der Waals surface area contributed by atoms with Crippen molar-refractivity contribution in [2.75, 3.05) is 32.8 Å². The van der Waals surface area contributed by atoms with E-state index in [0.29, 0.717) is 0 Å². The predicted octanol–water partition coefficient (Wildman–Crippen LogP) is 1.49. The summed E-state index contributed by atoms with van der Waals surface area (Å²) in [5.41, 5.74) is 0.240. The van der Waals surface area contributed by atoms with Crippen LogP contribution in [0.3, 0.4) is 0 Å². The lowest BCUT2D eigenvalue weighted by Crippen LogP contribution is -2.57. The Bertz CT molecular complexity index is 196. The van der Waals surface area contributed by atoms with E-state index in [4.69, 9.17) is 4.74 Å². The molecule has 1 fully saturated rings. The molecule has 3 heteroatoms. The molecule has 1 N–H and O–H groups in total. The van der Waals surface area contributed by atoms with Gasteiger partial charge in [-0.05, 0) is 34.6 Å². The second-order valence-corrected chi connectivity index (χ2v) is 6.05. The Morgan fingerprint density at radius 2 is 2.00 bits per heavy atom. The van der Waals surface area contributed by atoms with Gasteiger partial charge in [-0.3, -0.25) is 4.90 Å². The van der Waals surface area contributed by atoms with E-state index in [1.807, 2.05) is 0 Å². The summed E-state index contributed by atoms with van der Waals surface area (Å²) in [6.45, 7) is 16.0. The molecule has 1 saturated heterocycles. The zero-order chi connectivity index (χ0) is 11.5. The molecule has 0 aromatic heterocycles. The van der Waals surface area contributed by atoms with Gasteiger partial charge in [-0.1, -0.05) is 0 Å². The second-order valence-electron chi connectivity index (χ2n) is 6.05. The standard InChI is InChI=1S/C12H26N2O/c1-11(2,3)15-9-8-14-7-6-13-12(4,5)10-14/h13H,6-10H2,1-5H3. The summed E-state index contributed by atoms with van der Waals surface area (Å²) in [5, 5.41) is 3.51. The van der Waals surface area contributed by atoms with Gasteiger partial charge in [0, 0.05) is 31.7 Å². The van der Waals surface area contributed by atoms with Crippen LogP contribution in [0.4, 0.5) is 0 Å². The molecular formula is C12H26N2O. The van der Waals surface area contributed by atoms with Crippen LogP contribution in [0.25, 0.3) is 0 Å². The zero-order valence-corrected chi connectivity index (χ0v) is 10.9. The first-order valence-electron chi connectivity index (χ1n) is 5.90. The minimum absolute atomic E-state index is 0.0104. The lowest BCUT2D eigenvalue weighted by Gasteiger charge is -2.39. The van der Waals surface area contributed by atoms with Gasteiger partial charge in [0.2, 0.25) is 0 Å². The number of piperazine rings is 1. The molecule has 0 aromatic rings. The Balaban J connectivity index is 2.22. The van der Waals surface area contributed by atoms with Gasteiger partial charge in [0.1, 0.15) is 0 Å². The van der Waals surface area contributed by atoms with Crippen molar-refractivity contribution in [3.63, 3.8) is 0 Å². The molecule has 90 valence electrons. The topological polar surface area (TPSA) is 24.5 Å². The highest BCUT2D eigenvalue weighted by atomic mass is 16.5. The molecule has 15 heavy (non-hydrogen) atoms. The van der Waals surface area contributed by atoms with Crippen molar-refractivity contribution < 1.29 is 4.74 Å². The first-order chi connectivity index (χ1) is 6.79. The third-order valence-corrected chi connectivity index (χ3v) is 2.59. The fraction of sp³-hybridized carbons (Fsp3) is 1.00. The van der Waals surface area contributed by atoms with E-state index >= 15 is 0 Å². The third kappa shape index (κ3) is 5.50. The Hall–Kier alpha value is -0.120. The monoisotopic (exact) mass is 214 g/mol. The number of hydrogen-bond acceptors (Lipinski definition) is 3. The molecular weight excluding hydrogens is 188 g/mol. The van der Waals surface area contributed by atoms with Crippen molar-refractivity contribution in [3.8, 4) is 0 Å². The number of nitrogens with one attached hydrogen (secondary N) is 1. The fourth-order valence-corrected chi connectivity index (χ4v) is 1.92. The lowest BCUT2D eigenvalue weighted by molar-refractivity contribution is -0.0176. The largest absolute Gasteiger partial charge is 0.375 e. The highest BCUT2D eigenvalue weighted by molar-refractivity contribution is 4.86. The Labute approximate surface area is 94.2 Å². The lowest BCUT2D eigenvalue weighted by atomic mass is 10.0. The van der Waals surface area contributed by atoms with Gasteiger partial charge in [-0.15, -0.1) is 0 Å². The van der Waals surface area contributed by atoms with E-state index in [1.54, 1.807) is 0 Å². The molecule has 0 bridgehead atoms. The summed E-state index contributed by atoms with van der Waals surface area (Å²) in [7, 11) is 0. The highest BCUT2D eigenvalue weighted by Crippen LogP contribution is 2.11. The molecule has 0 saturated carbocycles. The average Bonchev–Trinajstić information content (AvgIpc) is 1.99. The summed E-state index contributed by atoms with van der Waals surface area (Å²) in [6, 6.07) is 0. The SMILES string of the molecule is CC1(C)CN(CCOC(C)(C)C)CCN1. The summed E-state index contributed by atoms with van der Waals surface area (Å²) in [4.78, 5) is 2.47. The zero-order valence-electron chi connectivity index (χ0n) is 10.9. The number of ether oxygens (including phenoxy) is 1. The molecule has 0 radical (unpaired) electrons. The highest BCUT2D eigenvalue weighted by Gasteiger charge is 2.25. The van der Waals surface area contributed by atoms with Gasteiger partial charge in [0.25, 0.3) is 0 Å². The molecule has 3 nitrogen and oxygen atoms in total. The molecule has 1 heterocycles. The first kappa shape index (κ1) is 12.9. The molecule has 0 unspecified atom stereocenters. The van der Waals surface area contributed by atoms with E-state index in [-0.39, 0.29) is 11.1 Å². The van der Waals surface area contributed by atoms with Crippen molar-refractivity contribution >= 4 is 0 Å². The van der Waals surface area contributed by atoms with Gasteiger partial charge in [0.15, 0.2) is 0 Å². The maximum Gasteiger partial charge on any atom is 0.0600 e. The average molecular weight is 214 g/mol. The number of rotatable bonds is 3. The van der Waals surface area contributed by atoms with Crippen LogP contribution in [0.5, 0.6) is 0 Å². The van der Waals surface area contributed by atoms with E-state index in [2.05, 4.69) is 44.8 Å². The van der Waals surface area contributed by atoms with Crippen LogP contribution in [0.2, 0.25) is 0 Å². The summed E-state index contributed by atoms with van der Waals surface area (Å²) >= 11 is 0. The maximum absolute atomic E-state index is 5.74. The van der Waals surface area contributed by atoms with Crippen LogP contribution < -0.4 is 5.32 Å². The maximum atomic E-state index is 5.74. The number of hydrogen-bond donors (Lipinski definition) is 1. The third-order valence-electron chi connectivity index (χ3n) is 2.59. The van der Waals surface area contributed by atoms with Crippen LogP contribution in [0, 0.1) is 0 Å². The molecule has 0 amide bonds. The normalized spacial score (nSPS) is 23.0. The summed E-state index contributed by atoms with van der Waals surface area (Å²) in [5.74, 6) is 0. The van der Waals surface area contributed by atoms with Crippen LogP contribution >= 0.6 is 0 Å². The minimum Gasteiger partial charge on any atom is -0.375 e. The first-order valence-corrected chi connectivity index (χ1v) is 5.90. The molecule has 1 rings (SSSR count). The minimum atomic E-state index is -0.0104. The quantitative estimate of drug-likeness (QED) is 0.770. The summed E-state index contributed by atoms with van der Waals surface area (Å²) < 4.78 is 5.74. The molecule has 0 spiro atoms.